The third kappa shape index (κ3) is 26.0. The van der Waals surface area contributed by atoms with Gasteiger partial charge >= 0.3 is 0 Å². The van der Waals surface area contributed by atoms with Crippen molar-refractivity contribution < 1.29 is 0 Å². The number of hydrogen-bond donors (Lipinski definition) is 0. The molecule has 0 spiro atoms. The van der Waals surface area contributed by atoms with Crippen LogP contribution in [0.15, 0.2) is 0 Å². The zero-order chi connectivity index (χ0) is 22.0. The molecule has 0 radical (unpaired) electrons. The Kier molecular flexibility index (Phi) is 27.0. The fourth-order valence-corrected chi connectivity index (χ4v) is 4.56. The minimum atomic E-state index is 1.31. The summed E-state index contributed by atoms with van der Waals surface area (Å²) in [7, 11) is 2.33. The highest BCUT2D eigenvalue weighted by atomic mass is 15.1. The molecule has 30 heavy (non-hydrogen) atoms. The average molecular weight is 424 g/mol. The van der Waals surface area contributed by atoms with E-state index in [4.69, 9.17) is 0 Å². The Morgan fingerprint density at radius 1 is 0.300 bits per heavy atom. The molecule has 0 aromatic rings. The highest BCUT2D eigenvalue weighted by Gasteiger charge is 1.99. The van der Waals surface area contributed by atoms with Crippen LogP contribution in [0.25, 0.3) is 0 Å². The van der Waals surface area contributed by atoms with Gasteiger partial charge in [0.25, 0.3) is 0 Å². The van der Waals surface area contributed by atoms with Crippen LogP contribution in [0.1, 0.15) is 168 Å². The zero-order valence-corrected chi connectivity index (χ0v) is 21.8. The molecule has 0 saturated carbocycles. The predicted octanol–water partition coefficient (Wildman–Crippen LogP) is 10.3. The maximum atomic E-state index is 2.57. The summed E-state index contributed by atoms with van der Waals surface area (Å²) in [6, 6.07) is 0. The molecule has 0 bridgehead atoms. The van der Waals surface area contributed by atoms with Gasteiger partial charge in [0.05, 0.1) is 0 Å². The monoisotopic (exact) mass is 423 g/mol. The first kappa shape index (κ1) is 30.0. The van der Waals surface area contributed by atoms with Gasteiger partial charge in [-0.1, -0.05) is 155 Å². The Hall–Kier alpha value is -0.0400. The van der Waals surface area contributed by atoms with Gasteiger partial charge < -0.3 is 4.90 Å². The van der Waals surface area contributed by atoms with Crippen LogP contribution in [-0.2, 0) is 0 Å². The molecule has 0 aliphatic heterocycles. The van der Waals surface area contributed by atoms with E-state index in [0.29, 0.717) is 0 Å². The molecule has 0 aliphatic rings. The van der Waals surface area contributed by atoms with Crippen molar-refractivity contribution in [2.24, 2.45) is 0 Å². The number of hydrogen-bond acceptors (Lipinski definition) is 1. The summed E-state index contributed by atoms with van der Waals surface area (Å²) < 4.78 is 0. The highest BCUT2D eigenvalue weighted by molar-refractivity contribution is 4.55. The Bertz CT molecular complexity index is 288. The van der Waals surface area contributed by atoms with Crippen molar-refractivity contribution in [2.75, 3.05) is 20.1 Å². The average Bonchev–Trinajstić information content (AvgIpc) is 2.75. The smallest absolute Gasteiger partial charge is 0.00218 e. The van der Waals surface area contributed by atoms with Crippen molar-refractivity contribution in [2.45, 2.75) is 168 Å². The largest absolute Gasteiger partial charge is 0.306 e. The van der Waals surface area contributed by atoms with Crippen molar-refractivity contribution in [1.29, 1.82) is 0 Å². The second kappa shape index (κ2) is 27.0. The molecule has 0 N–H and O–H groups in total. The molecule has 0 aromatic carbocycles. The molecule has 0 amide bonds. The summed E-state index contributed by atoms with van der Waals surface area (Å²) >= 11 is 0. The van der Waals surface area contributed by atoms with Gasteiger partial charge in [-0.3, -0.25) is 0 Å². The summed E-state index contributed by atoms with van der Waals surface area (Å²) in [5, 5.41) is 0. The Morgan fingerprint density at radius 3 is 0.733 bits per heavy atom. The Morgan fingerprint density at radius 2 is 0.500 bits per heavy atom. The van der Waals surface area contributed by atoms with Gasteiger partial charge in [0.1, 0.15) is 0 Å². The van der Waals surface area contributed by atoms with Gasteiger partial charge in [-0.15, -0.1) is 0 Å². The first-order chi connectivity index (χ1) is 14.8. The Labute approximate surface area is 193 Å². The van der Waals surface area contributed by atoms with Gasteiger partial charge in [-0.2, -0.15) is 0 Å². The second-order valence-corrected chi connectivity index (χ2v) is 10.1. The quantitative estimate of drug-likeness (QED) is 0.125. The topological polar surface area (TPSA) is 3.24 Å². The molecule has 0 aromatic heterocycles. The van der Waals surface area contributed by atoms with Gasteiger partial charge in [-0.05, 0) is 33.0 Å². The first-order valence-corrected chi connectivity index (χ1v) is 14.5. The number of nitrogens with zero attached hydrogens (tertiary/aromatic N) is 1. The standard InChI is InChI=1S/C29H61N/c1-4-6-8-10-12-14-15-16-17-18-19-20-21-23-25-27-29-30(3)28-26-24-22-13-11-9-7-5-2/h4-29H2,1-3H3. The van der Waals surface area contributed by atoms with Crippen LogP contribution in [0.2, 0.25) is 0 Å². The summed E-state index contributed by atoms with van der Waals surface area (Å²) in [4.78, 5) is 2.57. The van der Waals surface area contributed by atoms with Crippen molar-refractivity contribution in [3.05, 3.63) is 0 Å². The van der Waals surface area contributed by atoms with E-state index in [9.17, 15) is 0 Å². The third-order valence-corrected chi connectivity index (χ3v) is 6.79. The molecule has 1 heteroatoms. The summed E-state index contributed by atoms with van der Waals surface area (Å²) in [6.07, 6.45) is 34.9. The van der Waals surface area contributed by atoms with Crippen LogP contribution < -0.4 is 0 Å². The summed E-state index contributed by atoms with van der Waals surface area (Å²) in [5.41, 5.74) is 0. The van der Waals surface area contributed by atoms with Crippen LogP contribution in [-0.4, -0.2) is 25.0 Å². The molecule has 1 nitrogen and oxygen atoms in total. The lowest BCUT2D eigenvalue weighted by Gasteiger charge is -2.16. The van der Waals surface area contributed by atoms with E-state index in [1.807, 2.05) is 0 Å². The van der Waals surface area contributed by atoms with Crippen LogP contribution in [0, 0.1) is 0 Å². The fraction of sp³-hybridized carbons (Fsp3) is 1.00. The van der Waals surface area contributed by atoms with E-state index in [1.165, 1.54) is 167 Å². The third-order valence-electron chi connectivity index (χ3n) is 6.79. The van der Waals surface area contributed by atoms with Crippen molar-refractivity contribution >= 4 is 0 Å². The van der Waals surface area contributed by atoms with Crippen LogP contribution >= 0.6 is 0 Å². The van der Waals surface area contributed by atoms with Crippen LogP contribution in [0.3, 0.4) is 0 Å². The lowest BCUT2D eigenvalue weighted by Crippen LogP contribution is -2.20. The SMILES string of the molecule is CCCCCCCCCCCCCCCCCCN(C)CCCCCCCCCC. The van der Waals surface area contributed by atoms with E-state index < -0.39 is 0 Å². The lowest BCUT2D eigenvalue weighted by atomic mass is 10.0. The zero-order valence-electron chi connectivity index (χ0n) is 21.8. The molecule has 0 rings (SSSR count). The van der Waals surface area contributed by atoms with E-state index in [1.54, 1.807) is 0 Å². The molecule has 0 aliphatic carbocycles. The van der Waals surface area contributed by atoms with E-state index in [-0.39, 0.29) is 0 Å². The molecule has 0 unspecified atom stereocenters. The fourth-order valence-electron chi connectivity index (χ4n) is 4.56. The minimum absolute atomic E-state index is 1.31. The van der Waals surface area contributed by atoms with Gasteiger partial charge in [0.15, 0.2) is 0 Å². The van der Waals surface area contributed by atoms with Crippen molar-refractivity contribution in [3.63, 3.8) is 0 Å². The number of unbranched alkanes of at least 4 members (excludes halogenated alkanes) is 22. The molecule has 0 heterocycles. The summed E-state index contributed by atoms with van der Waals surface area (Å²) in [5.74, 6) is 0. The Balaban J connectivity index is 3.11. The van der Waals surface area contributed by atoms with Crippen molar-refractivity contribution in [3.8, 4) is 0 Å². The normalized spacial score (nSPS) is 11.6. The number of rotatable bonds is 26. The van der Waals surface area contributed by atoms with Gasteiger partial charge in [-0.25, -0.2) is 0 Å². The predicted molar refractivity (Wildman–Crippen MR) is 140 cm³/mol. The van der Waals surface area contributed by atoms with E-state index in [2.05, 4.69) is 25.8 Å². The molecule has 0 atom stereocenters. The van der Waals surface area contributed by atoms with Gasteiger partial charge in [0.2, 0.25) is 0 Å². The maximum Gasteiger partial charge on any atom is -0.00218 e. The minimum Gasteiger partial charge on any atom is -0.306 e. The molecule has 0 saturated heterocycles. The first-order valence-electron chi connectivity index (χ1n) is 14.5. The van der Waals surface area contributed by atoms with Gasteiger partial charge in [0, 0.05) is 0 Å². The lowest BCUT2D eigenvalue weighted by molar-refractivity contribution is 0.314. The maximum absolute atomic E-state index is 2.57. The van der Waals surface area contributed by atoms with Crippen LogP contribution in [0.4, 0.5) is 0 Å². The van der Waals surface area contributed by atoms with Crippen LogP contribution in [0.5, 0.6) is 0 Å². The van der Waals surface area contributed by atoms with E-state index in [0.717, 1.165) is 0 Å². The molecular formula is C29H61N. The van der Waals surface area contributed by atoms with E-state index >= 15 is 0 Å². The highest BCUT2D eigenvalue weighted by Crippen LogP contribution is 2.14. The molecule has 182 valence electrons. The second-order valence-electron chi connectivity index (χ2n) is 10.1. The van der Waals surface area contributed by atoms with Crippen molar-refractivity contribution in [1.82, 2.24) is 4.90 Å². The summed E-state index contributed by atoms with van der Waals surface area (Å²) in [6.45, 7) is 7.23. The molecule has 0 fully saturated rings. The molecular weight excluding hydrogens is 362 g/mol.